The summed E-state index contributed by atoms with van der Waals surface area (Å²) in [4.78, 5) is 8.75. The molecule has 1 aromatic heterocycles. The van der Waals surface area contributed by atoms with E-state index in [9.17, 15) is 0 Å². The first-order valence-electron chi connectivity index (χ1n) is 7.80. The Balaban J connectivity index is 2.47. The molecule has 0 aliphatic rings. The monoisotopic (exact) mass is 263 g/mol. The Morgan fingerprint density at radius 2 is 1.89 bits per heavy atom. The highest BCUT2D eigenvalue weighted by Crippen LogP contribution is 2.18. The fourth-order valence-corrected chi connectivity index (χ4v) is 2.29. The van der Waals surface area contributed by atoms with E-state index in [-0.39, 0.29) is 0 Å². The van der Waals surface area contributed by atoms with E-state index in [0.717, 1.165) is 24.5 Å². The third kappa shape index (κ3) is 6.67. The van der Waals surface area contributed by atoms with E-state index in [1.165, 1.54) is 38.5 Å². The van der Waals surface area contributed by atoms with Crippen LogP contribution in [0.5, 0.6) is 0 Å². The van der Waals surface area contributed by atoms with E-state index in [1.807, 2.05) is 19.2 Å². The number of aromatic nitrogens is 2. The van der Waals surface area contributed by atoms with Crippen LogP contribution >= 0.6 is 0 Å². The van der Waals surface area contributed by atoms with Crippen molar-refractivity contribution in [2.45, 2.75) is 71.8 Å². The Morgan fingerprint density at radius 3 is 2.58 bits per heavy atom. The zero-order valence-electron chi connectivity index (χ0n) is 12.8. The third-order valence-corrected chi connectivity index (χ3v) is 3.39. The van der Waals surface area contributed by atoms with E-state index < -0.39 is 0 Å². The molecule has 1 N–H and O–H groups in total. The lowest BCUT2D eigenvalue weighted by molar-refractivity contribution is 0.458. The maximum Gasteiger partial charge on any atom is 0.125 e. The highest BCUT2D eigenvalue weighted by molar-refractivity contribution is 5.07. The van der Waals surface area contributed by atoms with Crippen LogP contribution in [0.2, 0.25) is 0 Å². The molecule has 0 saturated heterocycles. The highest BCUT2D eigenvalue weighted by Gasteiger charge is 2.11. The summed E-state index contributed by atoms with van der Waals surface area (Å²) >= 11 is 0. The highest BCUT2D eigenvalue weighted by atomic mass is 15.0. The molecule has 0 radical (unpaired) electrons. The van der Waals surface area contributed by atoms with Crippen molar-refractivity contribution in [3.05, 3.63) is 23.8 Å². The average Bonchev–Trinajstić information content (AvgIpc) is 2.42. The molecule has 0 fully saturated rings. The van der Waals surface area contributed by atoms with Gasteiger partial charge >= 0.3 is 0 Å². The van der Waals surface area contributed by atoms with E-state index in [4.69, 9.17) is 0 Å². The van der Waals surface area contributed by atoms with Gasteiger partial charge in [-0.25, -0.2) is 9.97 Å². The summed E-state index contributed by atoms with van der Waals surface area (Å²) in [6, 6.07) is 2.44. The van der Waals surface area contributed by atoms with E-state index in [0.29, 0.717) is 6.04 Å². The van der Waals surface area contributed by atoms with Crippen molar-refractivity contribution in [2.75, 3.05) is 6.54 Å². The molecule has 1 atom stereocenters. The van der Waals surface area contributed by atoms with Crippen LogP contribution in [0.1, 0.15) is 76.4 Å². The second-order valence-corrected chi connectivity index (χ2v) is 5.24. The van der Waals surface area contributed by atoms with Gasteiger partial charge in [0.1, 0.15) is 5.82 Å². The molecule has 0 amide bonds. The minimum atomic E-state index is 0.392. The van der Waals surface area contributed by atoms with Gasteiger partial charge in [-0.3, -0.25) is 0 Å². The van der Waals surface area contributed by atoms with Crippen molar-refractivity contribution in [2.24, 2.45) is 0 Å². The Hall–Kier alpha value is -0.960. The van der Waals surface area contributed by atoms with Crippen LogP contribution in [0.15, 0.2) is 12.3 Å². The predicted octanol–water partition coefficient (Wildman–Crippen LogP) is 4.19. The SMILES string of the molecule is CCCCCCCC(NCCC)c1ccnc(C)n1. The van der Waals surface area contributed by atoms with Gasteiger partial charge in [0, 0.05) is 12.2 Å². The maximum absolute atomic E-state index is 4.57. The fraction of sp³-hybridized carbons (Fsp3) is 0.750. The molecule has 1 rings (SSSR count). The lowest BCUT2D eigenvalue weighted by Crippen LogP contribution is -2.23. The minimum absolute atomic E-state index is 0.392. The molecule has 0 aliphatic carbocycles. The molecule has 0 aromatic carbocycles. The lowest BCUT2D eigenvalue weighted by Gasteiger charge is -2.18. The smallest absolute Gasteiger partial charge is 0.125 e. The van der Waals surface area contributed by atoms with Crippen LogP contribution in [-0.2, 0) is 0 Å². The van der Waals surface area contributed by atoms with Crippen LogP contribution in [0.3, 0.4) is 0 Å². The van der Waals surface area contributed by atoms with Gasteiger partial charge in [-0.1, -0.05) is 46.0 Å². The maximum atomic E-state index is 4.57. The number of nitrogens with zero attached hydrogens (tertiary/aromatic N) is 2. The molecule has 3 nitrogen and oxygen atoms in total. The van der Waals surface area contributed by atoms with E-state index in [1.54, 1.807) is 0 Å². The molecule has 0 bridgehead atoms. The second-order valence-electron chi connectivity index (χ2n) is 5.24. The van der Waals surface area contributed by atoms with Crippen molar-refractivity contribution >= 4 is 0 Å². The number of hydrogen-bond donors (Lipinski definition) is 1. The van der Waals surface area contributed by atoms with Gasteiger partial charge < -0.3 is 5.32 Å². The summed E-state index contributed by atoms with van der Waals surface area (Å²) in [6.45, 7) is 7.48. The number of aryl methyl sites for hydroxylation is 1. The molecule has 3 heteroatoms. The summed E-state index contributed by atoms with van der Waals surface area (Å²) in [5, 5.41) is 3.61. The number of unbranched alkanes of at least 4 members (excludes halogenated alkanes) is 4. The number of nitrogens with one attached hydrogen (secondary N) is 1. The minimum Gasteiger partial charge on any atom is -0.309 e. The number of rotatable bonds is 10. The molecule has 1 heterocycles. The van der Waals surface area contributed by atoms with Gasteiger partial charge in [0.15, 0.2) is 0 Å². The van der Waals surface area contributed by atoms with Crippen molar-refractivity contribution < 1.29 is 0 Å². The molecule has 0 aliphatic heterocycles. The quantitative estimate of drug-likeness (QED) is 0.643. The lowest BCUT2D eigenvalue weighted by atomic mass is 10.0. The van der Waals surface area contributed by atoms with Gasteiger partial charge in [-0.05, 0) is 32.4 Å². The van der Waals surface area contributed by atoms with E-state index >= 15 is 0 Å². The molecule has 0 spiro atoms. The van der Waals surface area contributed by atoms with Crippen LogP contribution in [-0.4, -0.2) is 16.5 Å². The summed E-state index contributed by atoms with van der Waals surface area (Å²) in [6.07, 6.45) is 10.9. The van der Waals surface area contributed by atoms with Crippen LogP contribution in [0, 0.1) is 6.92 Å². The van der Waals surface area contributed by atoms with Gasteiger partial charge in [0.25, 0.3) is 0 Å². The molecule has 1 unspecified atom stereocenters. The summed E-state index contributed by atoms with van der Waals surface area (Å²) in [7, 11) is 0. The zero-order chi connectivity index (χ0) is 13.9. The molecular weight excluding hydrogens is 234 g/mol. The number of hydrogen-bond acceptors (Lipinski definition) is 3. The first kappa shape index (κ1) is 16.1. The van der Waals surface area contributed by atoms with Gasteiger partial charge in [-0.15, -0.1) is 0 Å². The normalized spacial score (nSPS) is 12.6. The van der Waals surface area contributed by atoms with Crippen molar-refractivity contribution in [1.82, 2.24) is 15.3 Å². The standard InChI is InChI=1S/C16H29N3/c1-4-6-7-8-9-10-15(18-12-5-2)16-11-13-17-14(3)19-16/h11,13,15,18H,4-10,12H2,1-3H3. The van der Waals surface area contributed by atoms with Crippen molar-refractivity contribution in [3.63, 3.8) is 0 Å². The Bertz CT molecular complexity index is 339. The fourth-order valence-electron chi connectivity index (χ4n) is 2.29. The second kappa shape index (κ2) is 9.90. The Kier molecular flexibility index (Phi) is 8.39. The molecule has 19 heavy (non-hydrogen) atoms. The predicted molar refractivity (Wildman–Crippen MR) is 81.2 cm³/mol. The topological polar surface area (TPSA) is 37.8 Å². The summed E-state index contributed by atoms with van der Waals surface area (Å²) in [5.41, 5.74) is 1.15. The van der Waals surface area contributed by atoms with Crippen molar-refractivity contribution in [1.29, 1.82) is 0 Å². The first-order chi connectivity index (χ1) is 9.27. The first-order valence-corrected chi connectivity index (χ1v) is 7.80. The van der Waals surface area contributed by atoms with Crippen LogP contribution in [0.4, 0.5) is 0 Å². The molecular formula is C16H29N3. The van der Waals surface area contributed by atoms with Gasteiger partial charge in [0.2, 0.25) is 0 Å². The van der Waals surface area contributed by atoms with Crippen LogP contribution < -0.4 is 5.32 Å². The van der Waals surface area contributed by atoms with Crippen molar-refractivity contribution in [3.8, 4) is 0 Å². The van der Waals surface area contributed by atoms with E-state index in [2.05, 4.69) is 29.1 Å². The molecule has 1 aromatic rings. The Morgan fingerprint density at radius 1 is 1.11 bits per heavy atom. The largest absolute Gasteiger partial charge is 0.309 e. The van der Waals surface area contributed by atoms with Gasteiger partial charge in [0.05, 0.1) is 5.69 Å². The summed E-state index contributed by atoms with van der Waals surface area (Å²) < 4.78 is 0. The summed E-state index contributed by atoms with van der Waals surface area (Å²) in [5.74, 6) is 0.867. The molecule has 108 valence electrons. The van der Waals surface area contributed by atoms with Crippen LogP contribution in [0.25, 0.3) is 0 Å². The zero-order valence-corrected chi connectivity index (χ0v) is 12.8. The van der Waals surface area contributed by atoms with Gasteiger partial charge in [-0.2, -0.15) is 0 Å². The Labute approximate surface area is 118 Å². The third-order valence-electron chi connectivity index (χ3n) is 3.39. The molecule has 0 saturated carbocycles. The average molecular weight is 263 g/mol.